The average molecular weight is 357 g/mol. The van der Waals surface area contributed by atoms with Crippen LogP contribution < -0.4 is 0 Å². The number of ether oxygens (including phenoxy) is 1. The van der Waals surface area contributed by atoms with E-state index in [1.807, 2.05) is 13.0 Å². The van der Waals surface area contributed by atoms with E-state index in [-0.39, 0.29) is 18.1 Å². The summed E-state index contributed by atoms with van der Waals surface area (Å²) in [6.07, 6.45) is 3.96. The first-order valence-electron chi connectivity index (χ1n) is 7.14. The average Bonchev–Trinajstić information content (AvgIpc) is 2.43. The van der Waals surface area contributed by atoms with Gasteiger partial charge in [0.25, 0.3) is 0 Å². The summed E-state index contributed by atoms with van der Waals surface area (Å²) in [6.45, 7) is 6.10. The van der Waals surface area contributed by atoms with Crippen molar-refractivity contribution in [3.8, 4) is 0 Å². The van der Waals surface area contributed by atoms with Crippen LogP contribution in [0.15, 0.2) is 28.2 Å². The molecule has 1 heterocycles. The van der Waals surface area contributed by atoms with Gasteiger partial charge in [-0.15, -0.1) is 0 Å². The van der Waals surface area contributed by atoms with Gasteiger partial charge in [0, 0.05) is 17.8 Å². The lowest BCUT2D eigenvalue weighted by molar-refractivity contribution is -0.135. The first-order chi connectivity index (χ1) is 10.1. The number of alkyl halides is 1. The molecule has 1 fully saturated rings. The Kier molecular flexibility index (Phi) is 5.58. The normalized spacial score (nSPS) is 26.7. The molecule has 2 aliphatic rings. The van der Waals surface area contributed by atoms with Crippen LogP contribution in [0.4, 0.5) is 0 Å². The molecule has 1 aliphatic heterocycles. The smallest absolute Gasteiger partial charge is 0.228 e. The molecular formula is C15H21BrN2O3. The summed E-state index contributed by atoms with van der Waals surface area (Å²) >= 11 is 3.32. The van der Waals surface area contributed by atoms with E-state index >= 15 is 0 Å². The third kappa shape index (κ3) is 3.74. The number of hydrogen-bond acceptors (Lipinski definition) is 4. The summed E-state index contributed by atoms with van der Waals surface area (Å²) < 4.78 is 5.54. The molecule has 0 spiro atoms. The van der Waals surface area contributed by atoms with Crippen LogP contribution in [0.5, 0.6) is 0 Å². The lowest BCUT2D eigenvalue weighted by Crippen LogP contribution is -2.50. The molecule has 1 amide bonds. The Morgan fingerprint density at radius 2 is 2.29 bits per heavy atom. The van der Waals surface area contributed by atoms with E-state index in [1.165, 1.54) is 0 Å². The number of aliphatic hydroxyl groups is 1. The molecule has 0 aromatic carbocycles. The van der Waals surface area contributed by atoms with Gasteiger partial charge in [-0.05, 0) is 44.6 Å². The molecule has 5 nitrogen and oxygen atoms in total. The second-order valence-corrected chi connectivity index (χ2v) is 6.14. The second kappa shape index (κ2) is 7.22. The van der Waals surface area contributed by atoms with Gasteiger partial charge in [-0.1, -0.05) is 15.9 Å². The fraction of sp³-hybridized carbons (Fsp3) is 0.600. The molecule has 2 rings (SSSR count). The van der Waals surface area contributed by atoms with E-state index in [0.29, 0.717) is 38.1 Å². The molecule has 0 bridgehead atoms. The molecule has 116 valence electrons. The van der Waals surface area contributed by atoms with E-state index < -0.39 is 0 Å². The first-order valence-corrected chi connectivity index (χ1v) is 8.26. The Morgan fingerprint density at radius 1 is 1.57 bits per heavy atom. The molecule has 0 atom stereocenters. The zero-order valence-corrected chi connectivity index (χ0v) is 13.8. The van der Waals surface area contributed by atoms with Gasteiger partial charge in [-0.2, -0.15) is 0 Å². The van der Waals surface area contributed by atoms with Gasteiger partial charge in [0.05, 0.1) is 18.5 Å². The highest BCUT2D eigenvalue weighted by molar-refractivity contribution is 9.09. The third-order valence-electron chi connectivity index (χ3n) is 3.78. The minimum absolute atomic E-state index is 0.0421. The topological polar surface area (TPSA) is 62.1 Å². The monoisotopic (exact) mass is 356 g/mol. The summed E-state index contributed by atoms with van der Waals surface area (Å²) in [5, 5.41) is 10.2. The quantitative estimate of drug-likeness (QED) is 0.451. The number of carbonyl (C=O) groups excluding carboxylic acids is 1. The summed E-state index contributed by atoms with van der Waals surface area (Å²) in [4.78, 5) is 17.9. The number of carbonyl (C=O) groups is 1. The standard InChI is InChI=1S/C15H21BrN2O3/c1-10(21-6-5-16)7-11-3-4-14(20)18(15(11)17-2)12-8-13(19)9-12/h7,12-13,19H,2-6,8-9H2,1H3/b10-7+/t12-,13+. The minimum atomic E-state index is -0.307. The number of aliphatic hydroxyl groups excluding tert-OH is 1. The Bertz CT molecular complexity index is 481. The van der Waals surface area contributed by atoms with Crippen LogP contribution in [0.3, 0.4) is 0 Å². The predicted octanol–water partition coefficient (Wildman–Crippen LogP) is 2.36. The van der Waals surface area contributed by atoms with Gasteiger partial charge in [0.1, 0.15) is 5.82 Å². The molecule has 0 unspecified atom stereocenters. The number of aliphatic imine (C=N–C) groups is 1. The Balaban J connectivity index is 2.22. The molecule has 1 aliphatic carbocycles. The molecule has 0 radical (unpaired) electrons. The van der Waals surface area contributed by atoms with Crippen molar-refractivity contribution in [2.24, 2.45) is 4.99 Å². The highest BCUT2D eigenvalue weighted by Crippen LogP contribution is 2.35. The number of allylic oxidation sites excluding steroid dienone is 3. The fourth-order valence-electron chi connectivity index (χ4n) is 2.69. The van der Waals surface area contributed by atoms with Crippen molar-refractivity contribution in [1.29, 1.82) is 0 Å². The highest BCUT2D eigenvalue weighted by Gasteiger charge is 2.39. The van der Waals surface area contributed by atoms with Gasteiger partial charge < -0.3 is 9.84 Å². The number of amides is 1. The van der Waals surface area contributed by atoms with Crippen LogP contribution in [0.2, 0.25) is 0 Å². The molecular weight excluding hydrogens is 336 g/mol. The van der Waals surface area contributed by atoms with Gasteiger partial charge in [0.15, 0.2) is 0 Å². The molecule has 0 saturated heterocycles. The van der Waals surface area contributed by atoms with E-state index in [2.05, 4.69) is 27.6 Å². The van der Waals surface area contributed by atoms with E-state index in [0.717, 1.165) is 16.7 Å². The van der Waals surface area contributed by atoms with Crippen LogP contribution in [-0.4, -0.2) is 46.7 Å². The molecule has 6 heteroatoms. The highest BCUT2D eigenvalue weighted by atomic mass is 79.9. The molecule has 0 aromatic rings. The summed E-state index contributed by atoms with van der Waals surface area (Å²) in [5.74, 6) is 1.48. The maximum atomic E-state index is 12.2. The Morgan fingerprint density at radius 3 is 2.86 bits per heavy atom. The molecule has 0 aromatic heterocycles. The number of halogens is 1. The SMILES string of the molecule is C=NC1=C(/C=C(\C)OCCBr)CCC(=O)N1[C@H]1C[C@@H](O)C1. The van der Waals surface area contributed by atoms with E-state index in [4.69, 9.17) is 4.74 Å². The zero-order valence-electron chi connectivity index (χ0n) is 12.2. The van der Waals surface area contributed by atoms with Crippen molar-refractivity contribution in [2.75, 3.05) is 11.9 Å². The second-order valence-electron chi connectivity index (χ2n) is 5.34. The van der Waals surface area contributed by atoms with Crippen molar-refractivity contribution >= 4 is 28.6 Å². The first kappa shape index (κ1) is 16.2. The Labute approximate surface area is 133 Å². The molecule has 1 saturated carbocycles. The van der Waals surface area contributed by atoms with Crippen molar-refractivity contribution < 1.29 is 14.6 Å². The van der Waals surface area contributed by atoms with Crippen LogP contribution >= 0.6 is 15.9 Å². The summed E-state index contributed by atoms with van der Waals surface area (Å²) in [6, 6.07) is 0.0421. The predicted molar refractivity (Wildman–Crippen MR) is 85.2 cm³/mol. The van der Waals surface area contributed by atoms with Crippen LogP contribution in [0.25, 0.3) is 0 Å². The minimum Gasteiger partial charge on any atom is -0.497 e. The van der Waals surface area contributed by atoms with Crippen molar-refractivity contribution in [3.05, 3.63) is 23.2 Å². The van der Waals surface area contributed by atoms with Gasteiger partial charge >= 0.3 is 0 Å². The van der Waals surface area contributed by atoms with Crippen molar-refractivity contribution in [1.82, 2.24) is 4.90 Å². The van der Waals surface area contributed by atoms with E-state index in [9.17, 15) is 9.90 Å². The van der Waals surface area contributed by atoms with Crippen LogP contribution in [-0.2, 0) is 9.53 Å². The maximum absolute atomic E-state index is 12.2. The van der Waals surface area contributed by atoms with E-state index in [1.54, 1.807) is 4.90 Å². The largest absolute Gasteiger partial charge is 0.497 e. The third-order valence-corrected chi connectivity index (χ3v) is 4.10. The zero-order chi connectivity index (χ0) is 15.4. The molecule has 21 heavy (non-hydrogen) atoms. The van der Waals surface area contributed by atoms with Crippen LogP contribution in [0, 0.1) is 0 Å². The van der Waals surface area contributed by atoms with Crippen molar-refractivity contribution in [2.45, 2.75) is 44.8 Å². The van der Waals surface area contributed by atoms with Gasteiger partial charge in [-0.3, -0.25) is 9.69 Å². The molecule has 1 N–H and O–H groups in total. The fourth-order valence-corrected chi connectivity index (χ4v) is 2.86. The Hall–Kier alpha value is -1.14. The van der Waals surface area contributed by atoms with Crippen LogP contribution in [0.1, 0.15) is 32.6 Å². The number of hydrogen-bond donors (Lipinski definition) is 1. The maximum Gasteiger partial charge on any atom is 0.228 e. The summed E-state index contributed by atoms with van der Waals surface area (Å²) in [5.41, 5.74) is 0.970. The lowest BCUT2D eigenvalue weighted by Gasteiger charge is -2.42. The summed E-state index contributed by atoms with van der Waals surface area (Å²) in [7, 11) is 0. The van der Waals surface area contributed by atoms with Gasteiger partial charge in [0.2, 0.25) is 5.91 Å². The van der Waals surface area contributed by atoms with Crippen molar-refractivity contribution in [3.63, 3.8) is 0 Å². The number of nitrogens with zero attached hydrogens (tertiary/aromatic N) is 2. The van der Waals surface area contributed by atoms with Gasteiger partial charge in [-0.25, -0.2) is 4.99 Å². The number of rotatable bonds is 6. The lowest BCUT2D eigenvalue weighted by atomic mass is 9.86.